The van der Waals surface area contributed by atoms with Crippen LogP contribution in [-0.4, -0.2) is 51.8 Å². The van der Waals surface area contributed by atoms with Crippen LogP contribution in [0.2, 0.25) is 0 Å². The quantitative estimate of drug-likeness (QED) is 0.590. The van der Waals surface area contributed by atoms with Crippen molar-refractivity contribution in [3.8, 4) is 0 Å². The third-order valence-electron chi connectivity index (χ3n) is 2.24. The van der Waals surface area contributed by atoms with E-state index in [1.807, 2.05) is 7.05 Å². The smallest absolute Gasteiger partial charge is 0.0593 e. The Labute approximate surface area is 95.2 Å². The molecule has 0 aliphatic heterocycles. The highest BCUT2D eigenvalue weighted by Gasteiger charge is 2.05. The largest absolute Gasteiger partial charge is 0.380 e. The Kier molecular flexibility index (Phi) is 9.06. The summed E-state index contributed by atoms with van der Waals surface area (Å²) in [7, 11) is 4.16. The van der Waals surface area contributed by atoms with Crippen molar-refractivity contribution in [1.82, 2.24) is 10.2 Å². The van der Waals surface area contributed by atoms with Crippen LogP contribution in [-0.2, 0) is 4.74 Å². The Hall–Kier alpha value is -0.120. The maximum atomic E-state index is 5.55. The summed E-state index contributed by atoms with van der Waals surface area (Å²) in [5.41, 5.74) is 0. The lowest BCUT2D eigenvalue weighted by atomic mass is 10.2. The zero-order chi connectivity index (χ0) is 11.7. The van der Waals surface area contributed by atoms with Crippen molar-refractivity contribution in [2.45, 2.75) is 20.8 Å². The Morgan fingerprint density at radius 1 is 1.27 bits per heavy atom. The number of nitrogens with one attached hydrogen (secondary N) is 1. The van der Waals surface area contributed by atoms with Crippen LogP contribution in [0.5, 0.6) is 0 Å². The van der Waals surface area contributed by atoms with Crippen LogP contribution >= 0.6 is 0 Å². The van der Waals surface area contributed by atoms with E-state index in [4.69, 9.17) is 4.74 Å². The Morgan fingerprint density at radius 3 is 2.47 bits per heavy atom. The zero-order valence-corrected chi connectivity index (χ0v) is 11.0. The highest BCUT2D eigenvalue weighted by Crippen LogP contribution is 1.97. The number of hydrogen-bond donors (Lipinski definition) is 1. The molecule has 0 radical (unpaired) electrons. The molecule has 0 spiro atoms. The molecule has 3 heteroatoms. The van der Waals surface area contributed by atoms with Crippen molar-refractivity contribution in [1.29, 1.82) is 0 Å². The van der Waals surface area contributed by atoms with Crippen LogP contribution in [0.1, 0.15) is 20.8 Å². The second kappa shape index (κ2) is 9.13. The Balaban J connectivity index is 3.36. The molecule has 0 saturated carbocycles. The fourth-order valence-electron chi connectivity index (χ4n) is 1.58. The molecule has 0 aliphatic carbocycles. The molecular weight excluding hydrogens is 188 g/mol. The van der Waals surface area contributed by atoms with Gasteiger partial charge in [-0.15, -0.1) is 0 Å². The first kappa shape index (κ1) is 14.9. The molecule has 0 rings (SSSR count). The molecule has 1 atom stereocenters. The van der Waals surface area contributed by atoms with E-state index < -0.39 is 0 Å². The Morgan fingerprint density at radius 2 is 1.93 bits per heavy atom. The molecule has 3 nitrogen and oxygen atoms in total. The van der Waals surface area contributed by atoms with Gasteiger partial charge in [-0.1, -0.05) is 20.8 Å². The third kappa shape index (κ3) is 10.2. The molecule has 92 valence electrons. The number of ether oxygens (including phenoxy) is 1. The predicted octanol–water partition coefficient (Wildman–Crippen LogP) is 1.45. The second-order valence-corrected chi connectivity index (χ2v) is 4.89. The van der Waals surface area contributed by atoms with Gasteiger partial charge in [0.1, 0.15) is 0 Å². The highest BCUT2D eigenvalue weighted by molar-refractivity contribution is 4.60. The van der Waals surface area contributed by atoms with E-state index in [-0.39, 0.29) is 0 Å². The maximum Gasteiger partial charge on any atom is 0.0593 e. The molecular formula is C12H28N2O. The van der Waals surface area contributed by atoms with Crippen molar-refractivity contribution in [3.63, 3.8) is 0 Å². The lowest BCUT2D eigenvalue weighted by Crippen LogP contribution is -2.32. The van der Waals surface area contributed by atoms with E-state index in [0.29, 0.717) is 11.8 Å². The van der Waals surface area contributed by atoms with Crippen molar-refractivity contribution >= 4 is 0 Å². The van der Waals surface area contributed by atoms with Crippen LogP contribution in [0.25, 0.3) is 0 Å². The van der Waals surface area contributed by atoms with Crippen molar-refractivity contribution in [2.75, 3.05) is 46.9 Å². The van der Waals surface area contributed by atoms with Crippen LogP contribution in [0.15, 0.2) is 0 Å². The van der Waals surface area contributed by atoms with Gasteiger partial charge in [0.2, 0.25) is 0 Å². The first-order valence-corrected chi connectivity index (χ1v) is 5.97. The number of nitrogens with zero attached hydrogens (tertiary/aromatic N) is 1. The third-order valence-corrected chi connectivity index (χ3v) is 2.24. The van der Waals surface area contributed by atoms with Crippen molar-refractivity contribution < 1.29 is 4.74 Å². The second-order valence-electron chi connectivity index (χ2n) is 4.89. The summed E-state index contributed by atoms with van der Waals surface area (Å²) in [4.78, 5) is 2.34. The van der Waals surface area contributed by atoms with E-state index >= 15 is 0 Å². The van der Waals surface area contributed by atoms with E-state index in [0.717, 1.165) is 32.8 Å². The summed E-state index contributed by atoms with van der Waals surface area (Å²) in [5.74, 6) is 1.34. The molecule has 0 heterocycles. The summed E-state index contributed by atoms with van der Waals surface area (Å²) in [5, 5.41) is 3.20. The van der Waals surface area contributed by atoms with Crippen LogP contribution < -0.4 is 5.32 Å². The number of hydrogen-bond acceptors (Lipinski definition) is 3. The number of likely N-dealkylation sites (N-methyl/N-ethyl adjacent to an activating group) is 1. The molecule has 0 aliphatic rings. The minimum atomic E-state index is 0.638. The van der Waals surface area contributed by atoms with Gasteiger partial charge in [-0.05, 0) is 32.5 Å². The summed E-state index contributed by atoms with van der Waals surface area (Å²) >= 11 is 0. The summed E-state index contributed by atoms with van der Waals surface area (Å²) in [6.07, 6.45) is 0. The van der Waals surface area contributed by atoms with E-state index in [2.05, 4.69) is 38.0 Å². The SMILES string of the molecule is CNCC(C)CN(C)CCOCC(C)C. The van der Waals surface area contributed by atoms with Gasteiger partial charge in [0, 0.05) is 19.7 Å². The van der Waals surface area contributed by atoms with Gasteiger partial charge in [0.25, 0.3) is 0 Å². The molecule has 0 aromatic carbocycles. The van der Waals surface area contributed by atoms with Crippen LogP contribution in [0.3, 0.4) is 0 Å². The highest BCUT2D eigenvalue weighted by atomic mass is 16.5. The fourth-order valence-corrected chi connectivity index (χ4v) is 1.58. The molecule has 0 fully saturated rings. The van der Waals surface area contributed by atoms with E-state index in [1.54, 1.807) is 0 Å². The van der Waals surface area contributed by atoms with Gasteiger partial charge < -0.3 is 15.0 Å². The maximum absolute atomic E-state index is 5.55. The predicted molar refractivity (Wildman–Crippen MR) is 66.2 cm³/mol. The standard InChI is InChI=1S/C12H28N2O/c1-11(2)10-15-7-6-14(5)9-12(3)8-13-4/h11-13H,6-10H2,1-5H3. The van der Waals surface area contributed by atoms with E-state index in [9.17, 15) is 0 Å². The first-order chi connectivity index (χ1) is 7.06. The topological polar surface area (TPSA) is 24.5 Å². The fraction of sp³-hybridized carbons (Fsp3) is 1.00. The molecule has 1 unspecified atom stereocenters. The molecule has 0 aromatic heterocycles. The summed E-state index contributed by atoms with van der Waals surface area (Å²) < 4.78 is 5.55. The zero-order valence-electron chi connectivity index (χ0n) is 11.0. The minimum Gasteiger partial charge on any atom is -0.380 e. The van der Waals surface area contributed by atoms with E-state index in [1.165, 1.54) is 0 Å². The minimum absolute atomic E-state index is 0.638. The van der Waals surface area contributed by atoms with Gasteiger partial charge >= 0.3 is 0 Å². The van der Waals surface area contributed by atoms with Gasteiger partial charge in [-0.3, -0.25) is 0 Å². The molecule has 1 N–H and O–H groups in total. The van der Waals surface area contributed by atoms with Crippen LogP contribution in [0, 0.1) is 11.8 Å². The summed E-state index contributed by atoms with van der Waals surface area (Å²) in [6, 6.07) is 0. The normalized spacial score (nSPS) is 13.8. The van der Waals surface area contributed by atoms with Gasteiger partial charge in [0.15, 0.2) is 0 Å². The lowest BCUT2D eigenvalue weighted by Gasteiger charge is -2.21. The average molecular weight is 216 g/mol. The first-order valence-electron chi connectivity index (χ1n) is 5.97. The molecule has 15 heavy (non-hydrogen) atoms. The number of rotatable bonds is 9. The monoisotopic (exact) mass is 216 g/mol. The summed E-state index contributed by atoms with van der Waals surface area (Å²) in [6.45, 7) is 11.6. The van der Waals surface area contributed by atoms with Crippen LogP contribution in [0.4, 0.5) is 0 Å². The van der Waals surface area contributed by atoms with Crippen molar-refractivity contribution in [2.24, 2.45) is 11.8 Å². The Bertz CT molecular complexity index is 140. The molecule has 0 aromatic rings. The van der Waals surface area contributed by atoms with Gasteiger partial charge in [-0.2, -0.15) is 0 Å². The van der Waals surface area contributed by atoms with Gasteiger partial charge in [-0.25, -0.2) is 0 Å². The molecule has 0 bridgehead atoms. The van der Waals surface area contributed by atoms with Gasteiger partial charge in [0.05, 0.1) is 6.61 Å². The molecule has 0 saturated heterocycles. The average Bonchev–Trinajstić information content (AvgIpc) is 2.12. The lowest BCUT2D eigenvalue weighted by molar-refractivity contribution is 0.0886. The molecule has 0 amide bonds. The van der Waals surface area contributed by atoms with Crippen molar-refractivity contribution in [3.05, 3.63) is 0 Å².